The number of ether oxygens (including phenoxy) is 2. The lowest BCUT2D eigenvalue weighted by molar-refractivity contribution is 0.339. The van der Waals surface area contributed by atoms with Gasteiger partial charge in [0.2, 0.25) is 11.7 Å². The fraction of sp³-hybridized carbons (Fsp3) is 0.211. The van der Waals surface area contributed by atoms with E-state index in [-0.39, 0.29) is 5.75 Å². The Hall–Kier alpha value is -3.15. The Balaban J connectivity index is 1.80. The van der Waals surface area contributed by atoms with E-state index in [1.807, 2.05) is 36.0 Å². The zero-order valence-corrected chi connectivity index (χ0v) is 14.5. The lowest BCUT2D eigenvalue weighted by Gasteiger charge is -2.12. The summed E-state index contributed by atoms with van der Waals surface area (Å²) < 4.78 is 12.4. The van der Waals surface area contributed by atoms with Crippen molar-refractivity contribution in [1.29, 1.82) is 0 Å². The molecule has 1 heterocycles. The second-order valence-electron chi connectivity index (χ2n) is 5.59. The van der Waals surface area contributed by atoms with Gasteiger partial charge in [0.15, 0.2) is 11.5 Å². The van der Waals surface area contributed by atoms with E-state index in [1.165, 1.54) is 14.2 Å². The molecule has 0 spiro atoms. The number of rotatable bonds is 6. The third-order valence-corrected chi connectivity index (χ3v) is 4.05. The Bertz CT molecular complexity index is 835. The van der Waals surface area contributed by atoms with E-state index in [0.29, 0.717) is 18.0 Å². The highest BCUT2D eigenvalue weighted by atomic mass is 16.5. The fourth-order valence-corrected chi connectivity index (χ4v) is 2.68. The maximum absolute atomic E-state index is 9.99. The number of phenolic OH excluding ortho intramolecular Hbond substituents is 1. The van der Waals surface area contributed by atoms with Gasteiger partial charge in [-0.3, -0.25) is 0 Å². The first kappa shape index (κ1) is 16.7. The quantitative estimate of drug-likeness (QED) is 0.720. The predicted octanol–water partition coefficient (Wildman–Crippen LogP) is 3.42. The number of hydrogen-bond donors (Lipinski definition) is 2. The van der Waals surface area contributed by atoms with E-state index < -0.39 is 0 Å². The molecule has 2 N–H and O–H groups in total. The number of phenols is 1. The van der Waals surface area contributed by atoms with Crippen LogP contribution in [-0.4, -0.2) is 28.9 Å². The molecule has 2 aromatic carbocycles. The average Bonchev–Trinajstić information content (AvgIpc) is 3.02. The Morgan fingerprint density at radius 3 is 2.32 bits per heavy atom. The van der Waals surface area contributed by atoms with Crippen molar-refractivity contribution < 1.29 is 14.6 Å². The molecule has 0 atom stereocenters. The summed E-state index contributed by atoms with van der Waals surface area (Å²) in [4.78, 5) is 4.45. The standard InChI is InChI=1S/C19H21N3O3/c1-22-15(14-7-5-4-6-8-14)12-21-19(22)20-11-13-9-16(24-2)18(23)17(10-13)25-3/h4-10,12,23H,11H2,1-3H3,(H,20,21). The molecule has 0 fully saturated rings. The number of methoxy groups -OCH3 is 2. The maximum atomic E-state index is 9.99. The zero-order valence-electron chi connectivity index (χ0n) is 14.5. The van der Waals surface area contributed by atoms with Crippen molar-refractivity contribution in [2.45, 2.75) is 6.54 Å². The number of nitrogens with one attached hydrogen (secondary N) is 1. The van der Waals surface area contributed by atoms with Gasteiger partial charge in [0, 0.05) is 13.6 Å². The van der Waals surface area contributed by atoms with E-state index in [0.717, 1.165) is 22.8 Å². The lowest BCUT2D eigenvalue weighted by atomic mass is 10.2. The third kappa shape index (κ3) is 3.38. The van der Waals surface area contributed by atoms with Crippen molar-refractivity contribution >= 4 is 5.95 Å². The molecule has 1 aromatic heterocycles. The molecule has 0 aliphatic heterocycles. The highest BCUT2D eigenvalue weighted by Crippen LogP contribution is 2.37. The van der Waals surface area contributed by atoms with Crippen LogP contribution in [0.25, 0.3) is 11.3 Å². The van der Waals surface area contributed by atoms with Gasteiger partial charge in [-0.25, -0.2) is 4.98 Å². The van der Waals surface area contributed by atoms with Gasteiger partial charge in [0.1, 0.15) is 0 Å². The van der Waals surface area contributed by atoms with Gasteiger partial charge >= 0.3 is 0 Å². The monoisotopic (exact) mass is 339 g/mol. The molecule has 130 valence electrons. The molecule has 0 saturated carbocycles. The maximum Gasteiger partial charge on any atom is 0.203 e. The first-order valence-electron chi connectivity index (χ1n) is 7.89. The van der Waals surface area contributed by atoms with Crippen LogP contribution in [0.3, 0.4) is 0 Å². The van der Waals surface area contributed by atoms with E-state index in [2.05, 4.69) is 22.4 Å². The molecule has 6 nitrogen and oxygen atoms in total. The average molecular weight is 339 g/mol. The summed E-state index contributed by atoms with van der Waals surface area (Å²) in [6, 6.07) is 13.6. The van der Waals surface area contributed by atoms with E-state index in [4.69, 9.17) is 9.47 Å². The summed E-state index contributed by atoms with van der Waals surface area (Å²) >= 11 is 0. The number of nitrogens with zero attached hydrogens (tertiary/aromatic N) is 2. The molecular formula is C19H21N3O3. The molecule has 0 aliphatic carbocycles. The van der Waals surface area contributed by atoms with Crippen LogP contribution in [-0.2, 0) is 13.6 Å². The Morgan fingerprint density at radius 2 is 1.72 bits per heavy atom. The van der Waals surface area contributed by atoms with E-state index in [1.54, 1.807) is 12.1 Å². The largest absolute Gasteiger partial charge is 0.502 e. The second-order valence-corrected chi connectivity index (χ2v) is 5.59. The van der Waals surface area contributed by atoms with Crippen LogP contribution in [0.5, 0.6) is 17.2 Å². The van der Waals surface area contributed by atoms with Gasteiger partial charge in [-0.2, -0.15) is 0 Å². The number of aromatic hydroxyl groups is 1. The Labute approximate surface area is 146 Å². The van der Waals surface area contributed by atoms with Crippen LogP contribution in [0.2, 0.25) is 0 Å². The number of benzene rings is 2. The SMILES string of the molecule is COc1cc(CNc2ncc(-c3ccccc3)n2C)cc(OC)c1O. The van der Waals surface area contributed by atoms with Crippen molar-refractivity contribution in [2.75, 3.05) is 19.5 Å². The van der Waals surface area contributed by atoms with Gasteiger partial charge in [-0.1, -0.05) is 30.3 Å². The van der Waals surface area contributed by atoms with Gasteiger partial charge < -0.3 is 24.5 Å². The van der Waals surface area contributed by atoms with Crippen LogP contribution in [0, 0.1) is 0 Å². The predicted molar refractivity (Wildman–Crippen MR) is 97.2 cm³/mol. The molecule has 0 unspecified atom stereocenters. The van der Waals surface area contributed by atoms with Crippen LogP contribution < -0.4 is 14.8 Å². The minimum Gasteiger partial charge on any atom is -0.502 e. The first-order valence-corrected chi connectivity index (χ1v) is 7.89. The van der Waals surface area contributed by atoms with Crippen molar-refractivity contribution in [1.82, 2.24) is 9.55 Å². The summed E-state index contributed by atoms with van der Waals surface area (Å²) in [6.45, 7) is 0.520. The van der Waals surface area contributed by atoms with Crippen LogP contribution in [0.1, 0.15) is 5.56 Å². The fourth-order valence-electron chi connectivity index (χ4n) is 2.68. The van der Waals surface area contributed by atoms with Crippen molar-refractivity contribution in [2.24, 2.45) is 7.05 Å². The van der Waals surface area contributed by atoms with Crippen LogP contribution >= 0.6 is 0 Å². The zero-order chi connectivity index (χ0) is 17.8. The molecule has 3 aromatic rings. The minimum absolute atomic E-state index is 0.00268. The smallest absolute Gasteiger partial charge is 0.203 e. The van der Waals surface area contributed by atoms with Crippen LogP contribution in [0.15, 0.2) is 48.7 Å². The molecule has 3 rings (SSSR count). The molecule has 0 radical (unpaired) electrons. The topological polar surface area (TPSA) is 68.5 Å². The Kier molecular flexibility index (Phi) is 4.79. The summed E-state index contributed by atoms with van der Waals surface area (Å²) in [5.74, 6) is 1.50. The second kappa shape index (κ2) is 7.17. The van der Waals surface area contributed by atoms with E-state index in [9.17, 15) is 5.11 Å². The number of anilines is 1. The van der Waals surface area contributed by atoms with Crippen molar-refractivity contribution in [3.8, 4) is 28.5 Å². The summed E-state index contributed by atoms with van der Waals surface area (Å²) in [7, 11) is 4.99. The molecule has 6 heteroatoms. The summed E-state index contributed by atoms with van der Waals surface area (Å²) in [6.07, 6.45) is 1.84. The molecule has 25 heavy (non-hydrogen) atoms. The van der Waals surface area contributed by atoms with Crippen molar-refractivity contribution in [3.05, 3.63) is 54.2 Å². The first-order chi connectivity index (χ1) is 12.1. The van der Waals surface area contributed by atoms with Gasteiger partial charge in [-0.05, 0) is 23.3 Å². The van der Waals surface area contributed by atoms with Crippen LogP contribution in [0.4, 0.5) is 5.95 Å². The molecule has 0 saturated heterocycles. The highest BCUT2D eigenvalue weighted by Gasteiger charge is 2.12. The molecule has 0 aliphatic rings. The number of aromatic nitrogens is 2. The Morgan fingerprint density at radius 1 is 1.08 bits per heavy atom. The lowest BCUT2D eigenvalue weighted by Crippen LogP contribution is -2.06. The number of hydrogen-bond acceptors (Lipinski definition) is 5. The molecular weight excluding hydrogens is 318 g/mol. The summed E-state index contributed by atoms with van der Waals surface area (Å²) in [5.41, 5.74) is 3.05. The molecule has 0 bridgehead atoms. The van der Waals surface area contributed by atoms with Gasteiger partial charge in [0.25, 0.3) is 0 Å². The van der Waals surface area contributed by atoms with Gasteiger partial charge in [-0.15, -0.1) is 0 Å². The van der Waals surface area contributed by atoms with Gasteiger partial charge in [0.05, 0.1) is 26.1 Å². The van der Waals surface area contributed by atoms with Crippen molar-refractivity contribution in [3.63, 3.8) is 0 Å². The van der Waals surface area contributed by atoms with E-state index >= 15 is 0 Å². The minimum atomic E-state index is -0.00268. The molecule has 0 amide bonds. The summed E-state index contributed by atoms with van der Waals surface area (Å²) in [5, 5.41) is 13.3. The normalized spacial score (nSPS) is 10.5. The highest BCUT2D eigenvalue weighted by molar-refractivity contribution is 5.61. The third-order valence-electron chi connectivity index (χ3n) is 4.05. The number of imidazole rings is 1.